The lowest BCUT2D eigenvalue weighted by Crippen LogP contribution is -2.25. The Morgan fingerprint density at radius 1 is 0.893 bits per heavy atom. The summed E-state index contributed by atoms with van der Waals surface area (Å²) in [6.45, 7) is 1.21. The highest BCUT2D eigenvalue weighted by Crippen LogP contribution is 2.10. The van der Waals surface area contributed by atoms with Crippen molar-refractivity contribution in [1.82, 2.24) is 10.3 Å². The average molecular weight is 398 g/mol. The molecule has 0 saturated carbocycles. The van der Waals surface area contributed by atoms with Gasteiger partial charge in [-0.25, -0.2) is 9.37 Å². The molecule has 0 spiro atoms. The summed E-state index contributed by atoms with van der Waals surface area (Å²) in [7, 11) is 0. The summed E-state index contributed by atoms with van der Waals surface area (Å²) in [5.41, 5.74) is 2.68. The first-order valence-electron chi connectivity index (χ1n) is 9.07. The molecule has 4 nitrogen and oxygen atoms in total. The number of nitrogens with zero attached hydrogens (tertiary/aromatic N) is 1. The molecule has 0 unspecified atom stereocenters. The molecule has 3 rings (SSSR count). The number of carbonyl (C=O) groups is 1. The zero-order valence-electron chi connectivity index (χ0n) is 15.3. The summed E-state index contributed by atoms with van der Waals surface area (Å²) in [5.74, 6) is 0.305. The molecule has 0 aliphatic heterocycles. The van der Waals surface area contributed by atoms with Crippen LogP contribution >= 0.6 is 11.6 Å². The molecule has 28 heavy (non-hydrogen) atoms. The van der Waals surface area contributed by atoms with Gasteiger partial charge >= 0.3 is 0 Å². The first kappa shape index (κ1) is 19.8. The molecule has 0 aliphatic carbocycles. The molecule has 2 N–H and O–H groups in total. The highest BCUT2D eigenvalue weighted by atomic mass is 35.5. The third kappa shape index (κ3) is 6.06. The molecule has 1 aromatic heterocycles. The molecule has 0 radical (unpaired) electrons. The molecular weight excluding hydrogens is 377 g/mol. The average Bonchev–Trinajstić information content (AvgIpc) is 2.71. The van der Waals surface area contributed by atoms with Crippen molar-refractivity contribution in [2.75, 3.05) is 18.4 Å². The van der Waals surface area contributed by atoms with Gasteiger partial charge in [-0.1, -0.05) is 35.9 Å². The summed E-state index contributed by atoms with van der Waals surface area (Å²) in [6, 6.07) is 17.5. The highest BCUT2D eigenvalue weighted by Gasteiger charge is 2.06. The van der Waals surface area contributed by atoms with Crippen LogP contribution in [0.1, 0.15) is 21.5 Å². The van der Waals surface area contributed by atoms with Gasteiger partial charge in [-0.3, -0.25) is 4.79 Å². The number of benzene rings is 2. The van der Waals surface area contributed by atoms with Gasteiger partial charge in [0, 0.05) is 24.3 Å². The van der Waals surface area contributed by atoms with Crippen LogP contribution in [0.3, 0.4) is 0 Å². The number of carbonyl (C=O) groups excluding carboxylic acids is 1. The fourth-order valence-corrected chi connectivity index (χ4v) is 2.82. The van der Waals surface area contributed by atoms with Crippen LogP contribution in [0.4, 0.5) is 10.2 Å². The molecule has 0 fully saturated rings. The van der Waals surface area contributed by atoms with E-state index in [9.17, 15) is 9.18 Å². The molecule has 144 valence electrons. The molecule has 1 heterocycles. The lowest BCUT2D eigenvalue weighted by atomic mass is 10.1. The van der Waals surface area contributed by atoms with Gasteiger partial charge in [0.25, 0.3) is 5.91 Å². The van der Waals surface area contributed by atoms with Gasteiger partial charge < -0.3 is 10.6 Å². The van der Waals surface area contributed by atoms with E-state index in [-0.39, 0.29) is 11.7 Å². The minimum Gasteiger partial charge on any atom is -0.370 e. The van der Waals surface area contributed by atoms with Crippen molar-refractivity contribution in [1.29, 1.82) is 0 Å². The van der Waals surface area contributed by atoms with E-state index in [2.05, 4.69) is 15.6 Å². The van der Waals surface area contributed by atoms with E-state index in [0.29, 0.717) is 29.5 Å². The Balaban J connectivity index is 1.42. The number of pyridine rings is 1. The van der Waals surface area contributed by atoms with Crippen LogP contribution in [-0.4, -0.2) is 24.0 Å². The second kappa shape index (κ2) is 9.85. The van der Waals surface area contributed by atoms with Gasteiger partial charge in [0.2, 0.25) is 0 Å². The fraction of sp³-hybridized carbons (Fsp3) is 0.182. The number of anilines is 1. The van der Waals surface area contributed by atoms with Gasteiger partial charge in [-0.15, -0.1) is 0 Å². The maximum Gasteiger partial charge on any atom is 0.252 e. The first-order chi connectivity index (χ1) is 13.6. The van der Waals surface area contributed by atoms with E-state index in [1.54, 1.807) is 30.5 Å². The fourth-order valence-electron chi connectivity index (χ4n) is 2.69. The molecular formula is C22H21ClFN3O. The Kier molecular flexibility index (Phi) is 6.98. The van der Waals surface area contributed by atoms with E-state index in [1.165, 1.54) is 12.1 Å². The number of rotatable bonds is 8. The zero-order valence-corrected chi connectivity index (χ0v) is 16.0. The summed E-state index contributed by atoms with van der Waals surface area (Å²) in [6.07, 6.45) is 3.05. The first-order valence-corrected chi connectivity index (χ1v) is 9.45. The topological polar surface area (TPSA) is 54.0 Å². The van der Waals surface area contributed by atoms with Crippen molar-refractivity contribution >= 4 is 23.3 Å². The normalized spacial score (nSPS) is 10.5. The van der Waals surface area contributed by atoms with Crippen molar-refractivity contribution in [3.8, 4) is 0 Å². The molecule has 3 aromatic rings. The molecule has 0 bridgehead atoms. The van der Waals surface area contributed by atoms with Gasteiger partial charge in [0.15, 0.2) is 0 Å². The molecule has 1 amide bonds. The standard InChI is InChI=1S/C22H21ClFN3O/c23-19-6-1-16(2-7-19)12-14-26-22(28)18-5-10-21(27-15-18)25-13-11-17-3-8-20(24)9-4-17/h1-10,15H,11-14H2,(H,25,27)(H,26,28). The molecule has 0 atom stereocenters. The summed E-state index contributed by atoms with van der Waals surface area (Å²) in [5, 5.41) is 6.78. The van der Waals surface area contributed by atoms with Crippen molar-refractivity contribution in [2.45, 2.75) is 12.8 Å². The number of hydrogen-bond donors (Lipinski definition) is 2. The van der Waals surface area contributed by atoms with E-state index in [4.69, 9.17) is 11.6 Å². The Hall–Kier alpha value is -2.92. The SMILES string of the molecule is O=C(NCCc1ccc(Cl)cc1)c1ccc(NCCc2ccc(F)cc2)nc1. The summed E-state index contributed by atoms with van der Waals surface area (Å²) in [4.78, 5) is 16.5. The van der Waals surface area contributed by atoms with Gasteiger partial charge in [-0.05, 0) is 60.4 Å². The number of hydrogen-bond acceptors (Lipinski definition) is 3. The number of aromatic nitrogens is 1. The predicted molar refractivity (Wildman–Crippen MR) is 110 cm³/mol. The minimum atomic E-state index is -0.236. The van der Waals surface area contributed by atoms with Crippen LogP contribution in [0.2, 0.25) is 5.02 Å². The van der Waals surface area contributed by atoms with E-state index >= 15 is 0 Å². The lowest BCUT2D eigenvalue weighted by Gasteiger charge is -2.08. The van der Waals surface area contributed by atoms with Crippen LogP contribution in [0.25, 0.3) is 0 Å². The number of nitrogens with one attached hydrogen (secondary N) is 2. The number of amides is 1. The predicted octanol–water partition coefficient (Wildman–Crippen LogP) is 4.50. The Morgan fingerprint density at radius 3 is 2.18 bits per heavy atom. The van der Waals surface area contributed by atoms with Gasteiger partial charge in [0.1, 0.15) is 11.6 Å². The third-order valence-electron chi connectivity index (χ3n) is 4.27. The minimum absolute atomic E-state index is 0.153. The maximum absolute atomic E-state index is 12.9. The van der Waals surface area contributed by atoms with Gasteiger partial charge in [-0.2, -0.15) is 0 Å². The van der Waals surface area contributed by atoms with Crippen molar-refractivity contribution in [3.63, 3.8) is 0 Å². The van der Waals surface area contributed by atoms with E-state index in [0.717, 1.165) is 24.0 Å². The van der Waals surface area contributed by atoms with Crippen molar-refractivity contribution in [3.05, 3.63) is 94.4 Å². The zero-order chi connectivity index (χ0) is 19.8. The molecule has 0 aliphatic rings. The summed E-state index contributed by atoms with van der Waals surface area (Å²) >= 11 is 5.86. The van der Waals surface area contributed by atoms with E-state index < -0.39 is 0 Å². The summed E-state index contributed by atoms with van der Waals surface area (Å²) < 4.78 is 12.9. The van der Waals surface area contributed by atoms with Crippen LogP contribution in [0.15, 0.2) is 66.9 Å². The second-order valence-corrected chi connectivity index (χ2v) is 6.80. The van der Waals surface area contributed by atoms with Gasteiger partial charge in [0.05, 0.1) is 5.56 Å². The molecule has 6 heteroatoms. The Labute approximate surface area is 168 Å². The smallest absolute Gasteiger partial charge is 0.252 e. The quantitative estimate of drug-likeness (QED) is 0.588. The van der Waals surface area contributed by atoms with Crippen molar-refractivity contribution < 1.29 is 9.18 Å². The highest BCUT2D eigenvalue weighted by molar-refractivity contribution is 6.30. The van der Waals surface area contributed by atoms with Crippen LogP contribution in [0, 0.1) is 5.82 Å². The molecule has 2 aromatic carbocycles. The largest absolute Gasteiger partial charge is 0.370 e. The maximum atomic E-state index is 12.9. The second-order valence-electron chi connectivity index (χ2n) is 6.37. The number of halogens is 2. The van der Waals surface area contributed by atoms with E-state index in [1.807, 2.05) is 24.3 Å². The monoisotopic (exact) mass is 397 g/mol. The van der Waals surface area contributed by atoms with Crippen LogP contribution < -0.4 is 10.6 Å². The molecule has 0 saturated heterocycles. The Morgan fingerprint density at radius 2 is 1.54 bits per heavy atom. The van der Waals surface area contributed by atoms with Crippen LogP contribution in [0.5, 0.6) is 0 Å². The van der Waals surface area contributed by atoms with Crippen molar-refractivity contribution in [2.24, 2.45) is 0 Å². The third-order valence-corrected chi connectivity index (χ3v) is 4.52. The lowest BCUT2D eigenvalue weighted by molar-refractivity contribution is 0.0954. The Bertz CT molecular complexity index is 897. The van der Waals surface area contributed by atoms with Crippen LogP contribution in [-0.2, 0) is 12.8 Å².